The fraction of sp³-hybridized carbons (Fsp3) is 0.286. The molecule has 142 valence electrons. The fourth-order valence-electron chi connectivity index (χ4n) is 4.10. The molecular formula is C21H20N4O3. The van der Waals surface area contributed by atoms with E-state index in [1.54, 1.807) is 10.9 Å². The number of allylic oxidation sites excluding steroid dienone is 2. The van der Waals surface area contributed by atoms with E-state index >= 15 is 0 Å². The van der Waals surface area contributed by atoms with Gasteiger partial charge >= 0.3 is 0 Å². The van der Waals surface area contributed by atoms with Crippen LogP contribution in [0.3, 0.4) is 0 Å². The molecule has 5 rings (SSSR count). The average molecular weight is 376 g/mol. The molecule has 7 nitrogen and oxygen atoms in total. The molecule has 0 bridgehead atoms. The maximum Gasteiger partial charge on any atom is 0.226 e. The third kappa shape index (κ3) is 2.70. The van der Waals surface area contributed by atoms with Crippen molar-refractivity contribution in [3.8, 4) is 5.75 Å². The van der Waals surface area contributed by atoms with E-state index in [2.05, 4.69) is 15.4 Å². The lowest BCUT2D eigenvalue weighted by molar-refractivity contribution is -0.117. The van der Waals surface area contributed by atoms with Crippen LogP contribution in [-0.4, -0.2) is 27.2 Å². The Morgan fingerprint density at radius 2 is 2.11 bits per heavy atom. The Kier molecular flexibility index (Phi) is 4.00. The third-order valence-electron chi connectivity index (χ3n) is 5.31. The summed E-state index contributed by atoms with van der Waals surface area (Å²) in [5, 5.41) is 7.69. The Morgan fingerprint density at radius 1 is 1.25 bits per heavy atom. The van der Waals surface area contributed by atoms with Crippen molar-refractivity contribution in [2.45, 2.75) is 31.7 Å². The van der Waals surface area contributed by atoms with Crippen molar-refractivity contribution in [2.75, 3.05) is 11.9 Å². The fourth-order valence-corrected chi connectivity index (χ4v) is 4.10. The van der Waals surface area contributed by atoms with Crippen LogP contribution < -0.4 is 10.1 Å². The van der Waals surface area contributed by atoms with E-state index in [9.17, 15) is 4.79 Å². The summed E-state index contributed by atoms with van der Waals surface area (Å²) in [6.07, 6.45) is 4.29. The molecule has 0 radical (unpaired) electrons. The van der Waals surface area contributed by atoms with Crippen molar-refractivity contribution in [1.29, 1.82) is 0 Å². The first kappa shape index (κ1) is 16.8. The second-order valence-electron chi connectivity index (χ2n) is 6.99. The Bertz CT molecular complexity index is 1030. The van der Waals surface area contributed by atoms with Crippen LogP contribution in [0.5, 0.6) is 5.75 Å². The molecule has 1 aromatic carbocycles. The van der Waals surface area contributed by atoms with E-state index in [4.69, 9.17) is 9.15 Å². The van der Waals surface area contributed by atoms with Gasteiger partial charge in [-0.1, -0.05) is 12.1 Å². The number of nitrogens with one attached hydrogen (secondary N) is 1. The summed E-state index contributed by atoms with van der Waals surface area (Å²) >= 11 is 0. The van der Waals surface area contributed by atoms with Gasteiger partial charge in [0.15, 0.2) is 5.78 Å². The van der Waals surface area contributed by atoms with Gasteiger partial charge in [0, 0.05) is 23.6 Å². The summed E-state index contributed by atoms with van der Waals surface area (Å²) in [5.74, 6) is 2.43. The molecule has 0 amide bonds. The maximum absolute atomic E-state index is 13.2. The van der Waals surface area contributed by atoms with Crippen molar-refractivity contribution in [2.24, 2.45) is 0 Å². The molecular weight excluding hydrogens is 356 g/mol. The monoisotopic (exact) mass is 376 g/mol. The number of fused-ring (bicyclic) bond motifs is 1. The van der Waals surface area contributed by atoms with E-state index in [1.165, 1.54) is 6.33 Å². The number of furan rings is 1. The zero-order chi connectivity index (χ0) is 19.1. The molecule has 1 aliphatic heterocycles. The molecule has 2 aromatic heterocycles. The van der Waals surface area contributed by atoms with Gasteiger partial charge in [0.05, 0.1) is 12.9 Å². The van der Waals surface area contributed by atoms with E-state index in [1.807, 2.05) is 43.3 Å². The van der Waals surface area contributed by atoms with E-state index in [0.717, 1.165) is 28.3 Å². The standard InChI is InChI=1S/C21H20N4O3/c1-2-27-15-7-5-13(6-8-15)20-19-16(24-21-22-12-23-25(20)21)10-14(11-17(19)26)18-4-3-9-28-18/h3-9,12,14,20H,2,10-11H2,1H3,(H,22,23,24)/t14-,20+/m0/s1. The van der Waals surface area contributed by atoms with Gasteiger partial charge in [-0.25, -0.2) is 4.68 Å². The van der Waals surface area contributed by atoms with Crippen LogP contribution in [0.15, 0.2) is 64.7 Å². The number of Topliss-reactive ketones (excluding diaryl/α,β-unsaturated/α-hetero) is 1. The highest BCUT2D eigenvalue weighted by Gasteiger charge is 2.39. The minimum Gasteiger partial charge on any atom is -0.494 e. The number of ether oxygens (including phenoxy) is 1. The first-order chi connectivity index (χ1) is 13.7. The normalized spacial score (nSPS) is 21.1. The van der Waals surface area contributed by atoms with Crippen molar-refractivity contribution in [3.63, 3.8) is 0 Å². The number of carbonyl (C=O) groups excluding carboxylic acids is 1. The Hall–Kier alpha value is -3.35. The molecule has 0 saturated heterocycles. The highest BCUT2D eigenvalue weighted by atomic mass is 16.5. The molecule has 2 atom stereocenters. The van der Waals surface area contributed by atoms with Crippen LogP contribution in [0.1, 0.15) is 43.0 Å². The summed E-state index contributed by atoms with van der Waals surface area (Å²) in [6, 6.07) is 11.3. The second-order valence-corrected chi connectivity index (χ2v) is 6.99. The molecule has 0 spiro atoms. The number of ketones is 1. The molecule has 2 aliphatic rings. The number of hydrogen-bond acceptors (Lipinski definition) is 6. The molecule has 28 heavy (non-hydrogen) atoms. The number of anilines is 1. The predicted octanol–water partition coefficient (Wildman–Crippen LogP) is 3.69. The zero-order valence-corrected chi connectivity index (χ0v) is 15.5. The Labute approximate surface area is 162 Å². The van der Waals surface area contributed by atoms with Crippen LogP contribution in [-0.2, 0) is 4.79 Å². The minimum atomic E-state index is -0.297. The largest absolute Gasteiger partial charge is 0.494 e. The molecule has 1 N–H and O–H groups in total. The lowest BCUT2D eigenvalue weighted by Crippen LogP contribution is -2.33. The van der Waals surface area contributed by atoms with Crippen molar-refractivity contribution < 1.29 is 13.9 Å². The number of hydrogen-bond donors (Lipinski definition) is 1. The third-order valence-corrected chi connectivity index (χ3v) is 5.31. The predicted molar refractivity (Wildman–Crippen MR) is 102 cm³/mol. The van der Waals surface area contributed by atoms with Gasteiger partial charge in [-0.15, -0.1) is 0 Å². The Balaban J connectivity index is 1.56. The number of rotatable bonds is 4. The lowest BCUT2D eigenvalue weighted by atomic mass is 9.79. The van der Waals surface area contributed by atoms with Crippen LogP contribution in [0, 0.1) is 0 Å². The van der Waals surface area contributed by atoms with Crippen LogP contribution in [0.2, 0.25) is 0 Å². The van der Waals surface area contributed by atoms with Gasteiger partial charge in [-0.2, -0.15) is 10.1 Å². The summed E-state index contributed by atoms with van der Waals surface area (Å²) < 4.78 is 12.9. The molecule has 3 heterocycles. The maximum atomic E-state index is 13.2. The first-order valence-electron chi connectivity index (χ1n) is 9.43. The van der Waals surface area contributed by atoms with Crippen molar-refractivity contribution in [3.05, 3.63) is 71.6 Å². The van der Waals surface area contributed by atoms with E-state index < -0.39 is 0 Å². The second kappa shape index (κ2) is 6.67. The van der Waals surface area contributed by atoms with Crippen LogP contribution >= 0.6 is 0 Å². The summed E-state index contributed by atoms with van der Waals surface area (Å²) in [4.78, 5) is 17.5. The van der Waals surface area contributed by atoms with E-state index in [0.29, 0.717) is 25.4 Å². The van der Waals surface area contributed by atoms with E-state index in [-0.39, 0.29) is 17.7 Å². The zero-order valence-electron chi connectivity index (χ0n) is 15.5. The van der Waals surface area contributed by atoms with Gasteiger partial charge < -0.3 is 14.5 Å². The number of carbonyl (C=O) groups is 1. The highest BCUT2D eigenvalue weighted by Crippen LogP contribution is 2.43. The topological polar surface area (TPSA) is 82.2 Å². The number of nitrogens with zero attached hydrogens (tertiary/aromatic N) is 3. The highest BCUT2D eigenvalue weighted by molar-refractivity contribution is 6.00. The molecule has 3 aromatic rings. The quantitative estimate of drug-likeness (QED) is 0.748. The summed E-state index contributed by atoms with van der Waals surface area (Å²) in [6.45, 7) is 2.57. The van der Waals surface area contributed by atoms with Crippen molar-refractivity contribution in [1.82, 2.24) is 14.8 Å². The number of benzene rings is 1. The number of aromatic nitrogens is 3. The molecule has 1 aliphatic carbocycles. The van der Waals surface area contributed by atoms with Gasteiger partial charge in [0.25, 0.3) is 0 Å². The van der Waals surface area contributed by atoms with Gasteiger partial charge in [-0.05, 0) is 43.2 Å². The summed E-state index contributed by atoms with van der Waals surface area (Å²) in [5.41, 5.74) is 2.64. The lowest BCUT2D eigenvalue weighted by Gasteiger charge is -2.34. The van der Waals surface area contributed by atoms with Gasteiger partial charge in [0.2, 0.25) is 5.95 Å². The van der Waals surface area contributed by atoms with Crippen LogP contribution in [0.25, 0.3) is 0 Å². The molecule has 0 saturated carbocycles. The molecule has 0 fully saturated rings. The first-order valence-corrected chi connectivity index (χ1v) is 9.43. The van der Waals surface area contributed by atoms with Crippen molar-refractivity contribution >= 4 is 11.7 Å². The van der Waals surface area contributed by atoms with Gasteiger partial charge in [-0.3, -0.25) is 4.79 Å². The minimum absolute atomic E-state index is 0.0317. The smallest absolute Gasteiger partial charge is 0.226 e. The SMILES string of the molecule is CCOc1ccc([C@@H]2C3=C(C[C@H](c4ccco4)CC3=O)Nc3ncnn32)cc1. The molecule has 7 heteroatoms. The molecule has 0 unspecified atom stereocenters. The van der Waals surface area contributed by atoms with Crippen LogP contribution in [0.4, 0.5) is 5.95 Å². The summed E-state index contributed by atoms with van der Waals surface area (Å²) in [7, 11) is 0. The van der Waals surface area contributed by atoms with Gasteiger partial charge in [0.1, 0.15) is 23.9 Å². The Morgan fingerprint density at radius 3 is 2.86 bits per heavy atom. The average Bonchev–Trinajstić information content (AvgIpc) is 3.39.